The molecule has 7 nitrogen and oxygen atoms in total. The monoisotopic (exact) mass is 537 g/mol. The quantitative estimate of drug-likeness (QED) is 0.541. The topological polar surface area (TPSA) is 55.5 Å². The maximum Gasteiger partial charge on any atom is 0.572 e. The normalized spacial score (nSPS) is 17.6. The van der Waals surface area contributed by atoms with Gasteiger partial charge >= 0.3 is 6.36 Å². The average molecular weight is 539 g/mol. The van der Waals surface area contributed by atoms with Crippen molar-refractivity contribution in [2.45, 2.75) is 25.7 Å². The zero-order valence-corrected chi connectivity index (χ0v) is 20.3. The first kappa shape index (κ1) is 25.0. The molecule has 0 amide bonds. The first-order valence-corrected chi connectivity index (χ1v) is 11.6. The fraction of sp³-hybridized carbons (Fsp3) is 0.429. The molecule has 0 bridgehead atoms. The summed E-state index contributed by atoms with van der Waals surface area (Å²) in [6.07, 6.45) is 1.29. The fourth-order valence-corrected chi connectivity index (χ4v) is 5.04. The lowest BCUT2D eigenvalue weighted by atomic mass is 10.1. The van der Waals surface area contributed by atoms with Crippen LogP contribution in [0.2, 0.25) is 15.1 Å². The van der Waals surface area contributed by atoms with Gasteiger partial charge in [-0.25, -0.2) is 4.68 Å². The molecule has 1 aliphatic heterocycles. The van der Waals surface area contributed by atoms with E-state index in [0.717, 1.165) is 5.69 Å². The molecule has 1 aliphatic carbocycles. The summed E-state index contributed by atoms with van der Waals surface area (Å²) in [5.74, 6) is -0.197. The number of allylic oxidation sites excluding steroid dienone is 4. The van der Waals surface area contributed by atoms with Crippen LogP contribution >= 0.6 is 34.8 Å². The van der Waals surface area contributed by atoms with Gasteiger partial charge in [0.2, 0.25) is 0 Å². The Morgan fingerprint density at radius 3 is 2.24 bits per heavy atom. The molecule has 0 aromatic carbocycles. The molecule has 0 N–H and O–H groups in total. The van der Waals surface area contributed by atoms with Crippen molar-refractivity contribution >= 4 is 46.2 Å². The molecule has 3 heterocycles. The van der Waals surface area contributed by atoms with Gasteiger partial charge in [0.1, 0.15) is 10.8 Å². The van der Waals surface area contributed by atoms with E-state index in [-0.39, 0.29) is 23.6 Å². The predicted octanol–water partition coefficient (Wildman–Crippen LogP) is 4.92. The Balaban J connectivity index is 1.48. The van der Waals surface area contributed by atoms with E-state index in [0.29, 0.717) is 54.2 Å². The number of hydrogen-bond acceptors (Lipinski definition) is 5. The van der Waals surface area contributed by atoms with Crippen molar-refractivity contribution in [3.8, 4) is 0 Å². The van der Waals surface area contributed by atoms with Crippen LogP contribution in [0.5, 0.6) is 0 Å². The molecule has 0 radical (unpaired) electrons. The number of halogens is 6. The van der Waals surface area contributed by atoms with E-state index in [1.54, 1.807) is 24.1 Å². The number of hydrogen-bond donors (Lipinski definition) is 0. The molecular formula is C21H21Cl3F3N5O2. The Hall–Kier alpha value is -2.14. The first-order valence-electron chi connectivity index (χ1n) is 10.4. The predicted molar refractivity (Wildman–Crippen MR) is 125 cm³/mol. The lowest BCUT2D eigenvalue weighted by Crippen LogP contribution is -2.46. The average Bonchev–Trinajstić information content (AvgIpc) is 2.97. The van der Waals surface area contributed by atoms with Crippen LogP contribution in [0.1, 0.15) is 18.5 Å². The number of piperazine rings is 1. The smallest absolute Gasteiger partial charge is 0.410 e. The minimum absolute atomic E-state index is 0.0258. The molecule has 0 spiro atoms. The molecule has 1 saturated heterocycles. The highest BCUT2D eigenvalue weighted by molar-refractivity contribution is 6.38. The standard InChI is InChI=1S/C21H21Cl3F3N5O2/c1-29-17(12-30-6-8-31(9-7-30)19-15(22)10-28-11-16(19)23)18(24)20(33)32(29)13-2-4-14(5-3-13)34-21(25,26)27/h2,4,10-11H,3,5-9,12H2,1H3. The van der Waals surface area contributed by atoms with Crippen LogP contribution in [0, 0.1) is 0 Å². The molecule has 0 atom stereocenters. The molecule has 184 valence electrons. The Morgan fingerprint density at radius 1 is 1.03 bits per heavy atom. The molecule has 34 heavy (non-hydrogen) atoms. The van der Waals surface area contributed by atoms with Crippen LogP contribution in [0.25, 0.3) is 5.70 Å². The summed E-state index contributed by atoms with van der Waals surface area (Å²) in [5, 5.41) is 1.07. The summed E-state index contributed by atoms with van der Waals surface area (Å²) in [6.45, 7) is 3.17. The van der Waals surface area contributed by atoms with E-state index < -0.39 is 11.9 Å². The van der Waals surface area contributed by atoms with Crippen molar-refractivity contribution in [3.63, 3.8) is 0 Å². The summed E-state index contributed by atoms with van der Waals surface area (Å²) in [6, 6.07) is 0. The van der Waals surface area contributed by atoms with Crippen LogP contribution < -0.4 is 10.5 Å². The van der Waals surface area contributed by atoms with Gasteiger partial charge in [0.25, 0.3) is 5.56 Å². The van der Waals surface area contributed by atoms with Gasteiger partial charge < -0.3 is 9.64 Å². The molecule has 2 aromatic heterocycles. The number of pyridine rings is 1. The minimum Gasteiger partial charge on any atom is -0.410 e. The Morgan fingerprint density at radius 2 is 1.68 bits per heavy atom. The van der Waals surface area contributed by atoms with Crippen LogP contribution in [0.3, 0.4) is 0 Å². The molecule has 0 saturated carbocycles. The third-order valence-electron chi connectivity index (χ3n) is 5.82. The van der Waals surface area contributed by atoms with Crippen LogP contribution in [-0.4, -0.2) is 51.8 Å². The number of alkyl halides is 3. The SMILES string of the molecule is Cn1c(CN2CCN(c3c(Cl)cncc3Cl)CC2)c(Cl)c(=O)n1C1=CC=C(OC(F)(F)F)CC1. The van der Waals surface area contributed by atoms with E-state index >= 15 is 0 Å². The van der Waals surface area contributed by atoms with Crippen molar-refractivity contribution in [3.05, 3.63) is 61.4 Å². The summed E-state index contributed by atoms with van der Waals surface area (Å²) in [4.78, 5) is 21.1. The largest absolute Gasteiger partial charge is 0.572 e. The second-order valence-corrected chi connectivity index (χ2v) is 9.15. The van der Waals surface area contributed by atoms with E-state index in [9.17, 15) is 18.0 Å². The van der Waals surface area contributed by atoms with E-state index in [1.807, 2.05) is 0 Å². The van der Waals surface area contributed by atoms with E-state index in [4.69, 9.17) is 34.8 Å². The van der Waals surface area contributed by atoms with Crippen molar-refractivity contribution in [2.24, 2.45) is 7.05 Å². The Labute approximate surface area is 208 Å². The maximum atomic E-state index is 12.8. The van der Waals surface area contributed by atoms with Crippen molar-refractivity contribution in [1.82, 2.24) is 19.2 Å². The third kappa shape index (κ3) is 5.25. The highest BCUT2D eigenvalue weighted by Crippen LogP contribution is 2.33. The summed E-state index contributed by atoms with van der Waals surface area (Å²) < 4.78 is 44.4. The van der Waals surface area contributed by atoms with Gasteiger partial charge in [-0.1, -0.05) is 34.8 Å². The van der Waals surface area contributed by atoms with Crippen LogP contribution in [0.4, 0.5) is 18.9 Å². The first-order chi connectivity index (χ1) is 16.0. The number of ether oxygens (including phenoxy) is 1. The zero-order valence-electron chi connectivity index (χ0n) is 18.1. The van der Waals surface area contributed by atoms with Gasteiger partial charge in [-0.3, -0.25) is 19.4 Å². The van der Waals surface area contributed by atoms with Crippen molar-refractivity contribution in [1.29, 1.82) is 0 Å². The second-order valence-electron chi connectivity index (χ2n) is 7.95. The highest BCUT2D eigenvalue weighted by atomic mass is 35.5. The number of nitrogens with zero attached hydrogens (tertiary/aromatic N) is 5. The molecule has 2 aliphatic rings. The van der Waals surface area contributed by atoms with Crippen LogP contribution in [0.15, 0.2) is 35.1 Å². The number of rotatable bonds is 5. The number of anilines is 1. The summed E-state index contributed by atoms with van der Waals surface area (Å²) in [5.41, 5.74) is 1.51. The zero-order chi connectivity index (χ0) is 24.6. The molecule has 4 rings (SSSR count). The number of aromatic nitrogens is 3. The Kier molecular flexibility index (Phi) is 7.23. The lowest BCUT2D eigenvalue weighted by Gasteiger charge is -2.36. The van der Waals surface area contributed by atoms with Gasteiger partial charge in [0, 0.05) is 64.3 Å². The van der Waals surface area contributed by atoms with Crippen LogP contribution in [-0.2, 0) is 18.3 Å². The molecule has 2 aromatic rings. The maximum absolute atomic E-state index is 12.8. The van der Waals surface area contributed by atoms with Gasteiger partial charge in [0.15, 0.2) is 0 Å². The Bertz CT molecular complexity index is 1180. The highest BCUT2D eigenvalue weighted by Gasteiger charge is 2.33. The van der Waals surface area contributed by atoms with Crippen molar-refractivity contribution in [2.75, 3.05) is 31.1 Å². The van der Waals surface area contributed by atoms with Gasteiger partial charge in [-0.2, -0.15) is 0 Å². The van der Waals surface area contributed by atoms with Gasteiger partial charge in [-0.15, -0.1) is 13.2 Å². The third-order valence-corrected chi connectivity index (χ3v) is 6.76. The molecule has 0 unspecified atom stereocenters. The molecule has 13 heteroatoms. The summed E-state index contributed by atoms with van der Waals surface area (Å²) >= 11 is 18.9. The molecular weight excluding hydrogens is 518 g/mol. The minimum atomic E-state index is -4.74. The van der Waals surface area contributed by atoms with E-state index in [2.05, 4.69) is 19.5 Å². The summed E-state index contributed by atoms with van der Waals surface area (Å²) in [7, 11) is 1.71. The van der Waals surface area contributed by atoms with Gasteiger partial charge in [0.05, 0.1) is 21.4 Å². The van der Waals surface area contributed by atoms with Gasteiger partial charge in [-0.05, 0) is 18.6 Å². The molecule has 1 fully saturated rings. The fourth-order valence-electron chi connectivity index (χ4n) is 4.18. The lowest BCUT2D eigenvalue weighted by molar-refractivity contribution is -0.306. The van der Waals surface area contributed by atoms with Crippen molar-refractivity contribution < 1.29 is 17.9 Å². The second kappa shape index (κ2) is 9.85. The van der Waals surface area contributed by atoms with E-state index in [1.165, 1.54) is 16.8 Å².